The highest BCUT2D eigenvalue weighted by molar-refractivity contribution is 5.55. The molecule has 1 aliphatic heterocycles. The highest BCUT2D eigenvalue weighted by Gasteiger charge is 2.20. The topological polar surface area (TPSA) is 29.3 Å². The van der Waals surface area contributed by atoms with Crippen molar-refractivity contribution in [2.24, 2.45) is 0 Å². The lowest BCUT2D eigenvalue weighted by molar-refractivity contribution is 0.590. The first-order valence-corrected chi connectivity index (χ1v) is 7.16. The van der Waals surface area contributed by atoms with Crippen LogP contribution in [0.5, 0.6) is 0 Å². The van der Waals surface area contributed by atoms with Gasteiger partial charge in [-0.25, -0.2) is 0 Å². The normalized spacial score (nSPS) is 14.4. The predicted molar refractivity (Wildman–Crippen MR) is 85.9 cm³/mol. The molecular formula is C18H22N2. The van der Waals surface area contributed by atoms with Crippen molar-refractivity contribution in [3.8, 4) is 0 Å². The number of rotatable bonds is 1. The first-order chi connectivity index (χ1) is 9.43. The highest BCUT2D eigenvalue weighted by atomic mass is 15.1. The van der Waals surface area contributed by atoms with E-state index in [2.05, 4.69) is 62.1 Å². The number of anilines is 2. The van der Waals surface area contributed by atoms with Gasteiger partial charge in [0.25, 0.3) is 0 Å². The van der Waals surface area contributed by atoms with Gasteiger partial charge < -0.3 is 10.6 Å². The van der Waals surface area contributed by atoms with Crippen LogP contribution in [0.4, 0.5) is 11.4 Å². The van der Waals surface area contributed by atoms with Crippen LogP contribution < -0.4 is 10.6 Å². The minimum atomic E-state index is 0.209. The van der Waals surface area contributed by atoms with Gasteiger partial charge in [0.2, 0.25) is 0 Å². The smallest absolute Gasteiger partial charge is 0.0437 e. The molecule has 0 amide bonds. The zero-order valence-corrected chi connectivity index (χ0v) is 12.5. The predicted octanol–water partition coefficient (Wildman–Crippen LogP) is 4.09. The molecule has 0 bridgehead atoms. The quantitative estimate of drug-likeness (QED) is 0.788. The van der Waals surface area contributed by atoms with Crippen molar-refractivity contribution in [3.63, 3.8) is 0 Å². The van der Waals surface area contributed by atoms with Gasteiger partial charge in [0, 0.05) is 24.5 Å². The van der Waals surface area contributed by atoms with Crippen LogP contribution in [-0.4, -0.2) is 0 Å². The molecule has 0 fully saturated rings. The summed E-state index contributed by atoms with van der Waals surface area (Å²) >= 11 is 0. The van der Waals surface area contributed by atoms with Gasteiger partial charge in [0.15, 0.2) is 0 Å². The summed E-state index contributed by atoms with van der Waals surface area (Å²) in [7, 11) is 0. The van der Waals surface area contributed by atoms with Gasteiger partial charge in [-0.3, -0.25) is 0 Å². The van der Waals surface area contributed by atoms with Crippen molar-refractivity contribution in [2.75, 3.05) is 10.6 Å². The molecule has 2 N–H and O–H groups in total. The molecule has 0 unspecified atom stereocenters. The molecule has 2 aromatic carbocycles. The molecule has 0 saturated heterocycles. The average molecular weight is 266 g/mol. The van der Waals surface area contributed by atoms with Crippen LogP contribution in [-0.2, 0) is 18.5 Å². The highest BCUT2D eigenvalue weighted by Crippen LogP contribution is 2.31. The largest absolute Gasteiger partial charge is 0.399 e. The molecular weight excluding hydrogens is 244 g/mol. The molecule has 2 heteroatoms. The second kappa shape index (κ2) is 4.55. The fourth-order valence-corrected chi connectivity index (χ4v) is 2.77. The van der Waals surface area contributed by atoms with Gasteiger partial charge in [0.05, 0.1) is 0 Å². The minimum Gasteiger partial charge on any atom is -0.399 e. The summed E-state index contributed by atoms with van der Waals surface area (Å²) in [6, 6.07) is 15.2. The van der Waals surface area contributed by atoms with Crippen molar-refractivity contribution in [3.05, 3.63) is 59.2 Å². The van der Waals surface area contributed by atoms with Crippen LogP contribution in [0.25, 0.3) is 0 Å². The SMILES string of the molecule is CC(C)(C)c1ccc(N2Cc3ccc(N)cc3C2)cc1. The summed E-state index contributed by atoms with van der Waals surface area (Å²) in [6.07, 6.45) is 0. The van der Waals surface area contributed by atoms with Gasteiger partial charge >= 0.3 is 0 Å². The fourth-order valence-electron chi connectivity index (χ4n) is 2.77. The lowest BCUT2D eigenvalue weighted by atomic mass is 9.87. The Morgan fingerprint density at radius 3 is 2.20 bits per heavy atom. The second-order valence-corrected chi connectivity index (χ2v) is 6.68. The monoisotopic (exact) mass is 266 g/mol. The Morgan fingerprint density at radius 2 is 1.55 bits per heavy atom. The van der Waals surface area contributed by atoms with E-state index in [1.807, 2.05) is 6.07 Å². The van der Waals surface area contributed by atoms with Crippen LogP contribution in [0.1, 0.15) is 37.5 Å². The van der Waals surface area contributed by atoms with Crippen molar-refractivity contribution >= 4 is 11.4 Å². The molecule has 0 spiro atoms. The number of hydrogen-bond acceptors (Lipinski definition) is 2. The van der Waals surface area contributed by atoms with Crippen LogP contribution in [0, 0.1) is 0 Å². The summed E-state index contributed by atoms with van der Waals surface area (Å²) in [5.74, 6) is 0. The molecule has 3 rings (SSSR count). The third-order valence-corrected chi connectivity index (χ3v) is 4.05. The van der Waals surface area contributed by atoms with Gasteiger partial charge in [-0.1, -0.05) is 39.0 Å². The second-order valence-electron chi connectivity index (χ2n) is 6.68. The summed E-state index contributed by atoms with van der Waals surface area (Å²) in [5, 5.41) is 0. The van der Waals surface area contributed by atoms with E-state index in [4.69, 9.17) is 5.73 Å². The lowest BCUT2D eigenvalue weighted by Crippen LogP contribution is -2.15. The molecule has 0 aromatic heterocycles. The number of nitrogen functional groups attached to an aromatic ring is 1. The van der Waals surface area contributed by atoms with E-state index in [9.17, 15) is 0 Å². The number of nitrogens with zero attached hydrogens (tertiary/aromatic N) is 1. The molecule has 2 nitrogen and oxygen atoms in total. The Kier molecular flexibility index (Phi) is 2.97. The van der Waals surface area contributed by atoms with Crippen LogP contribution in [0.15, 0.2) is 42.5 Å². The Labute approximate surface area is 121 Å². The minimum absolute atomic E-state index is 0.209. The number of hydrogen-bond donors (Lipinski definition) is 1. The van der Waals surface area contributed by atoms with Crippen molar-refractivity contribution in [1.29, 1.82) is 0 Å². The summed E-state index contributed by atoms with van der Waals surface area (Å²) in [4.78, 5) is 2.40. The molecule has 0 atom stereocenters. The maximum absolute atomic E-state index is 5.86. The van der Waals surface area contributed by atoms with Gasteiger partial charge in [-0.15, -0.1) is 0 Å². The lowest BCUT2D eigenvalue weighted by Gasteiger charge is -2.22. The molecule has 0 aliphatic carbocycles. The van der Waals surface area contributed by atoms with Crippen LogP contribution in [0.2, 0.25) is 0 Å². The standard InChI is InChI=1S/C18H22N2/c1-18(2,3)15-5-8-17(9-6-15)20-11-13-4-7-16(19)10-14(13)12-20/h4-10H,11-12,19H2,1-3H3. The first-order valence-electron chi connectivity index (χ1n) is 7.16. The molecule has 0 saturated carbocycles. The van der Waals surface area contributed by atoms with Crippen molar-refractivity contribution in [2.45, 2.75) is 39.3 Å². The van der Waals surface area contributed by atoms with Crippen molar-refractivity contribution < 1.29 is 0 Å². The molecule has 104 valence electrons. The molecule has 2 aromatic rings. The third-order valence-electron chi connectivity index (χ3n) is 4.05. The molecule has 1 aliphatic rings. The Hall–Kier alpha value is -1.96. The zero-order valence-electron chi connectivity index (χ0n) is 12.5. The van der Waals surface area contributed by atoms with E-state index in [1.165, 1.54) is 22.4 Å². The summed E-state index contributed by atoms with van der Waals surface area (Å²) in [6.45, 7) is 8.67. The Balaban J connectivity index is 1.83. The molecule has 0 radical (unpaired) electrons. The first kappa shape index (κ1) is 13.0. The summed E-state index contributed by atoms with van der Waals surface area (Å²) < 4.78 is 0. The molecule has 1 heterocycles. The van der Waals surface area contributed by atoms with E-state index in [-0.39, 0.29) is 5.41 Å². The maximum Gasteiger partial charge on any atom is 0.0437 e. The van der Waals surface area contributed by atoms with Crippen molar-refractivity contribution in [1.82, 2.24) is 0 Å². The van der Waals surface area contributed by atoms with E-state index in [0.29, 0.717) is 0 Å². The molecule has 20 heavy (non-hydrogen) atoms. The van der Waals surface area contributed by atoms with Gasteiger partial charge in [-0.2, -0.15) is 0 Å². The number of fused-ring (bicyclic) bond motifs is 1. The number of benzene rings is 2. The van der Waals surface area contributed by atoms with Gasteiger partial charge in [0.1, 0.15) is 0 Å². The Morgan fingerprint density at radius 1 is 0.900 bits per heavy atom. The van der Waals surface area contributed by atoms with E-state index >= 15 is 0 Å². The van der Waals surface area contributed by atoms with Gasteiger partial charge in [-0.05, 0) is 46.4 Å². The number of nitrogens with two attached hydrogens (primary N) is 1. The Bertz CT molecular complexity index is 621. The summed E-state index contributed by atoms with van der Waals surface area (Å²) in [5.41, 5.74) is 12.3. The fraction of sp³-hybridized carbons (Fsp3) is 0.333. The third kappa shape index (κ3) is 2.38. The zero-order chi connectivity index (χ0) is 14.3. The maximum atomic E-state index is 5.86. The average Bonchev–Trinajstić information content (AvgIpc) is 2.80. The van der Waals surface area contributed by atoms with Crippen LogP contribution in [0.3, 0.4) is 0 Å². The van der Waals surface area contributed by atoms with E-state index < -0.39 is 0 Å². The van der Waals surface area contributed by atoms with E-state index in [1.54, 1.807) is 0 Å². The van der Waals surface area contributed by atoms with E-state index in [0.717, 1.165) is 18.8 Å². The van der Waals surface area contributed by atoms with Crippen LogP contribution >= 0.6 is 0 Å².